The molecule has 2 aromatic rings. The van der Waals surface area contributed by atoms with E-state index in [1.54, 1.807) is 12.1 Å². The van der Waals surface area contributed by atoms with Crippen LogP contribution in [-0.2, 0) is 20.7 Å². The summed E-state index contributed by atoms with van der Waals surface area (Å²) in [5.74, 6) is -0.240. The summed E-state index contributed by atoms with van der Waals surface area (Å²) < 4.78 is 10.7. The molecule has 0 saturated carbocycles. The first-order chi connectivity index (χ1) is 13.5. The van der Waals surface area contributed by atoms with Crippen molar-refractivity contribution in [1.29, 1.82) is 0 Å². The Kier molecular flexibility index (Phi) is 5.88. The van der Waals surface area contributed by atoms with E-state index in [9.17, 15) is 14.4 Å². The van der Waals surface area contributed by atoms with E-state index in [0.29, 0.717) is 24.2 Å². The Labute approximate surface area is 162 Å². The van der Waals surface area contributed by atoms with Crippen molar-refractivity contribution in [3.63, 3.8) is 0 Å². The number of carbonyl (C=O) groups excluding carboxylic acids is 3. The van der Waals surface area contributed by atoms with Crippen molar-refractivity contribution in [2.45, 2.75) is 19.4 Å². The number of rotatable bonds is 6. The van der Waals surface area contributed by atoms with Crippen LogP contribution in [0.1, 0.15) is 22.8 Å². The van der Waals surface area contributed by atoms with Gasteiger partial charge in [0.15, 0.2) is 0 Å². The molecule has 28 heavy (non-hydrogen) atoms. The molecule has 0 spiro atoms. The molecule has 0 bridgehead atoms. The molecule has 3 rings (SSSR count). The molecule has 1 aromatic carbocycles. The van der Waals surface area contributed by atoms with Crippen LogP contribution in [0.3, 0.4) is 0 Å². The quantitative estimate of drug-likeness (QED) is 0.724. The zero-order chi connectivity index (χ0) is 20.1. The van der Waals surface area contributed by atoms with Gasteiger partial charge in [0, 0.05) is 25.1 Å². The minimum Gasteiger partial charge on any atom is -0.487 e. The van der Waals surface area contributed by atoms with Crippen LogP contribution in [-0.4, -0.2) is 49.1 Å². The first-order valence-electron chi connectivity index (χ1n) is 8.82. The molecule has 8 heteroatoms. The summed E-state index contributed by atoms with van der Waals surface area (Å²) in [4.78, 5) is 38.5. The number of amides is 2. The van der Waals surface area contributed by atoms with Crippen LogP contribution in [0.4, 0.5) is 0 Å². The average Bonchev–Trinajstić information content (AvgIpc) is 3.13. The summed E-state index contributed by atoms with van der Waals surface area (Å²) in [6.45, 7) is 1.63. The fourth-order valence-corrected chi connectivity index (χ4v) is 2.94. The van der Waals surface area contributed by atoms with Crippen LogP contribution < -0.4 is 15.4 Å². The largest absolute Gasteiger partial charge is 0.487 e. The van der Waals surface area contributed by atoms with Gasteiger partial charge >= 0.3 is 5.97 Å². The lowest BCUT2D eigenvalue weighted by atomic mass is 10.0. The number of nitrogens with zero attached hydrogens (tertiary/aromatic N) is 1. The zero-order valence-corrected chi connectivity index (χ0v) is 15.7. The summed E-state index contributed by atoms with van der Waals surface area (Å²) in [5.41, 5.74) is 2.90. The van der Waals surface area contributed by atoms with Crippen LogP contribution in [0.25, 0.3) is 11.3 Å². The predicted octanol–water partition coefficient (Wildman–Crippen LogP) is 1.09. The van der Waals surface area contributed by atoms with E-state index in [0.717, 1.165) is 16.9 Å². The Hall–Kier alpha value is -3.42. The summed E-state index contributed by atoms with van der Waals surface area (Å²) in [6.07, 6.45) is 1.92. The van der Waals surface area contributed by atoms with Gasteiger partial charge in [0.2, 0.25) is 11.8 Å². The van der Waals surface area contributed by atoms with Gasteiger partial charge in [-0.25, -0.2) is 4.79 Å². The highest BCUT2D eigenvalue weighted by Gasteiger charge is 2.26. The van der Waals surface area contributed by atoms with Crippen molar-refractivity contribution in [2.24, 2.45) is 0 Å². The van der Waals surface area contributed by atoms with E-state index in [4.69, 9.17) is 4.74 Å². The van der Waals surface area contributed by atoms with Crippen molar-refractivity contribution < 1.29 is 23.9 Å². The lowest BCUT2D eigenvalue weighted by Crippen LogP contribution is -2.40. The molecule has 0 fully saturated rings. The number of hydrogen-bond acceptors (Lipinski definition) is 6. The number of pyridine rings is 1. The second-order valence-electron chi connectivity index (χ2n) is 6.38. The van der Waals surface area contributed by atoms with Gasteiger partial charge in [0.1, 0.15) is 11.9 Å². The number of nitrogens with one attached hydrogen (secondary N) is 2. The Bertz CT molecular complexity index is 895. The van der Waals surface area contributed by atoms with Gasteiger partial charge in [0.05, 0.1) is 31.5 Å². The van der Waals surface area contributed by atoms with Crippen molar-refractivity contribution in [1.82, 2.24) is 15.6 Å². The molecule has 1 aliphatic heterocycles. The molecule has 1 atom stereocenters. The maximum atomic E-state index is 11.7. The van der Waals surface area contributed by atoms with E-state index in [1.165, 1.54) is 20.2 Å². The molecule has 0 saturated heterocycles. The number of para-hydroxylation sites is 1. The molecule has 146 valence electrons. The number of esters is 1. The highest BCUT2D eigenvalue weighted by molar-refractivity contribution is 5.89. The third-order valence-electron chi connectivity index (χ3n) is 4.31. The highest BCUT2D eigenvalue weighted by Crippen LogP contribution is 2.37. The lowest BCUT2D eigenvalue weighted by molar-refractivity contribution is -0.125. The number of aromatic nitrogens is 1. The molecule has 2 amide bonds. The third kappa shape index (κ3) is 4.46. The highest BCUT2D eigenvalue weighted by atomic mass is 16.5. The lowest BCUT2D eigenvalue weighted by Gasteiger charge is -2.13. The number of fused-ring (bicyclic) bond motifs is 1. The fourth-order valence-electron chi connectivity index (χ4n) is 2.94. The second kappa shape index (κ2) is 8.51. The molecule has 2 N–H and O–H groups in total. The van der Waals surface area contributed by atoms with Crippen LogP contribution in [0.15, 0.2) is 36.5 Å². The number of carbonyl (C=O) groups is 3. The Morgan fingerprint density at radius 2 is 2.04 bits per heavy atom. The van der Waals surface area contributed by atoms with E-state index in [1.807, 2.05) is 18.2 Å². The Morgan fingerprint density at radius 3 is 2.71 bits per heavy atom. The third-order valence-corrected chi connectivity index (χ3v) is 4.31. The first kappa shape index (κ1) is 19.3. The summed E-state index contributed by atoms with van der Waals surface area (Å²) in [6, 6.07) is 9.19. The number of benzene rings is 1. The maximum absolute atomic E-state index is 11.7. The second-order valence-corrected chi connectivity index (χ2v) is 6.38. The van der Waals surface area contributed by atoms with Gasteiger partial charge in [-0.1, -0.05) is 12.1 Å². The van der Waals surface area contributed by atoms with E-state index >= 15 is 0 Å². The topological polar surface area (TPSA) is 107 Å². The minimum absolute atomic E-state index is 0.0588. The zero-order valence-electron chi connectivity index (χ0n) is 15.7. The minimum atomic E-state index is -0.441. The van der Waals surface area contributed by atoms with Gasteiger partial charge in [-0.2, -0.15) is 0 Å². The van der Waals surface area contributed by atoms with Crippen molar-refractivity contribution >= 4 is 17.8 Å². The first-order valence-corrected chi connectivity index (χ1v) is 8.82. The number of methoxy groups -OCH3 is 1. The van der Waals surface area contributed by atoms with Crippen molar-refractivity contribution in [3.05, 3.63) is 47.7 Å². The van der Waals surface area contributed by atoms with Crippen LogP contribution in [0.2, 0.25) is 0 Å². The molecule has 1 aliphatic rings. The maximum Gasteiger partial charge on any atom is 0.339 e. The Morgan fingerprint density at radius 1 is 1.21 bits per heavy atom. The monoisotopic (exact) mass is 383 g/mol. The molecule has 8 nitrogen and oxygen atoms in total. The standard InChI is InChI=1S/C20H21N3O5/c1-12(24)21-11-18(25)23-10-15-8-13-4-3-5-16(19(13)28-15)17-7-6-14(9-22-17)20(26)27-2/h3-7,9,15H,8,10-11H2,1-2H3,(H,21,24)(H,23,25). The Balaban J connectivity index is 1.67. The van der Waals surface area contributed by atoms with Crippen LogP contribution in [0, 0.1) is 0 Å². The number of hydrogen-bond donors (Lipinski definition) is 2. The van der Waals surface area contributed by atoms with Gasteiger partial charge < -0.3 is 20.1 Å². The molecular weight excluding hydrogens is 362 g/mol. The van der Waals surface area contributed by atoms with Gasteiger partial charge in [-0.05, 0) is 23.8 Å². The predicted molar refractivity (Wildman–Crippen MR) is 101 cm³/mol. The van der Waals surface area contributed by atoms with Gasteiger partial charge in [0.25, 0.3) is 0 Å². The molecule has 0 radical (unpaired) electrons. The van der Waals surface area contributed by atoms with Gasteiger partial charge in [-0.15, -0.1) is 0 Å². The van der Waals surface area contributed by atoms with Crippen molar-refractivity contribution in [3.8, 4) is 17.0 Å². The summed E-state index contributed by atoms with van der Waals surface area (Å²) >= 11 is 0. The molecule has 2 heterocycles. The normalized spacial score (nSPS) is 14.6. The summed E-state index contributed by atoms with van der Waals surface area (Å²) in [5, 5.41) is 5.21. The SMILES string of the molecule is COC(=O)c1ccc(-c2cccc3c2OC(CNC(=O)CNC(C)=O)C3)nc1. The van der Waals surface area contributed by atoms with E-state index < -0.39 is 5.97 Å². The average molecular weight is 383 g/mol. The van der Waals surface area contributed by atoms with E-state index in [-0.39, 0.29) is 24.5 Å². The van der Waals surface area contributed by atoms with E-state index in [2.05, 4.69) is 20.4 Å². The van der Waals surface area contributed by atoms with Crippen molar-refractivity contribution in [2.75, 3.05) is 20.2 Å². The number of ether oxygens (including phenoxy) is 2. The molecule has 0 aliphatic carbocycles. The molecule has 1 unspecified atom stereocenters. The van der Waals surface area contributed by atoms with Crippen LogP contribution in [0.5, 0.6) is 5.75 Å². The fraction of sp³-hybridized carbons (Fsp3) is 0.300. The molecule has 1 aromatic heterocycles. The van der Waals surface area contributed by atoms with Gasteiger partial charge in [-0.3, -0.25) is 14.6 Å². The molecular formula is C20H21N3O5. The van der Waals surface area contributed by atoms with Crippen LogP contribution >= 0.6 is 0 Å². The summed E-state index contributed by atoms with van der Waals surface area (Å²) in [7, 11) is 1.32. The smallest absolute Gasteiger partial charge is 0.339 e.